The molecule has 1 atom stereocenters. The van der Waals surface area contributed by atoms with Gasteiger partial charge in [0.25, 0.3) is 0 Å². The lowest BCUT2D eigenvalue weighted by molar-refractivity contribution is 0.354. The van der Waals surface area contributed by atoms with Crippen molar-refractivity contribution in [2.75, 3.05) is 14.2 Å². The largest absolute Gasteiger partial charge is 0.493 e. The molecule has 0 aliphatic heterocycles. The van der Waals surface area contributed by atoms with Crippen LogP contribution < -0.4 is 20.7 Å². The molecule has 0 saturated heterocycles. The summed E-state index contributed by atoms with van der Waals surface area (Å²) < 4.78 is 24.6. The van der Waals surface area contributed by atoms with E-state index in [-0.39, 0.29) is 5.82 Å². The first-order chi connectivity index (χ1) is 10.1. The van der Waals surface area contributed by atoms with E-state index in [1.165, 1.54) is 6.07 Å². The highest BCUT2D eigenvalue weighted by molar-refractivity contribution is 5.46. The Morgan fingerprint density at radius 1 is 1.05 bits per heavy atom. The molecule has 0 radical (unpaired) electrons. The predicted octanol–water partition coefficient (Wildman–Crippen LogP) is 2.70. The average Bonchev–Trinajstić information content (AvgIpc) is 2.49. The summed E-state index contributed by atoms with van der Waals surface area (Å²) in [6.07, 6.45) is 0. The normalized spacial score (nSPS) is 12.0. The van der Waals surface area contributed by atoms with Crippen LogP contribution in [0.25, 0.3) is 0 Å². The molecule has 0 aromatic heterocycles. The minimum atomic E-state index is -0.467. The van der Waals surface area contributed by atoms with E-state index in [9.17, 15) is 4.39 Å². The number of hydrogen-bond acceptors (Lipinski definition) is 4. The lowest BCUT2D eigenvalue weighted by atomic mass is 9.97. The molecule has 2 rings (SSSR count). The molecule has 0 saturated carbocycles. The third kappa shape index (κ3) is 3.15. The van der Waals surface area contributed by atoms with Crippen LogP contribution in [0.5, 0.6) is 11.5 Å². The van der Waals surface area contributed by atoms with E-state index in [0.717, 1.165) is 11.1 Å². The molecule has 0 aliphatic rings. The Morgan fingerprint density at radius 3 is 2.33 bits per heavy atom. The molecule has 21 heavy (non-hydrogen) atoms. The van der Waals surface area contributed by atoms with Gasteiger partial charge in [0.15, 0.2) is 11.5 Å². The maximum atomic E-state index is 14.1. The second-order valence-corrected chi connectivity index (χ2v) is 4.74. The van der Waals surface area contributed by atoms with Gasteiger partial charge in [-0.05, 0) is 36.2 Å². The van der Waals surface area contributed by atoms with Crippen LogP contribution in [0.3, 0.4) is 0 Å². The van der Waals surface area contributed by atoms with Crippen molar-refractivity contribution < 1.29 is 13.9 Å². The molecule has 4 nitrogen and oxygen atoms in total. The fraction of sp³-hybridized carbons (Fsp3) is 0.250. The van der Waals surface area contributed by atoms with Gasteiger partial charge in [-0.25, -0.2) is 9.82 Å². The zero-order valence-electron chi connectivity index (χ0n) is 12.3. The number of nitrogens with one attached hydrogen (secondary N) is 1. The van der Waals surface area contributed by atoms with E-state index in [1.54, 1.807) is 32.4 Å². The SMILES string of the molecule is COc1ccc(C(NN)c2ccc(C)cc2F)cc1OC. The summed E-state index contributed by atoms with van der Waals surface area (Å²) in [6, 6.07) is 9.97. The monoisotopic (exact) mass is 290 g/mol. The Bertz CT molecular complexity index is 632. The number of benzene rings is 2. The van der Waals surface area contributed by atoms with E-state index < -0.39 is 6.04 Å². The van der Waals surface area contributed by atoms with E-state index in [1.807, 2.05) is 19.1 Å². The molecule has 2 aromatic rings. The molecule has 0 spiro atoms. The van der Waals surface area contributed by atoms with Crippen molar-refractivity contribution in [1.82, 2.24) is 5.43 Å². The van der Waals surface area contributed by atoms with Crippen LogP contribution in [0.1, 0.15) is 22.7 Å². The Balaban J connectivity index is 2.46. The van der Waals surface area contributed by atoms with Crippen LogP contribution in [-0.2, 0) is 0 Å². The summed E-state index contributed by atoms with van der Waals surface area (Å²) in [5.41, 5.74) is 4.78. The minimum Gasteiger partial charge on any atom is -0.493 e. The van der Waals surface area contributed by atoms with Crippen LogP contribution in [-0.4, -0.2) is 14.2 Å². The molecule has 0 fully saturated rings. The number of ether oxygens (including phenoxy) is 2. The molecular weight excluding hydrogens is 271 g/mol. The first kappa shape index (κ1) is 15.3. The number of hydrazine groups is 1. The predicted molar refractivity (Wildman–Crippen MR) is 79.8 cm³/mol. The Kier molecular flexibility index (Phi) is 4.77. The van der Waals surface area contributed by atoms with Crippen molar-refractivity contribution in [2.45, 2.75) is 13.0 Å². The Hall–Kier alpha value is -2.11. The topological polar surface area (TPSA) is 56.5 Å². The van der Waals surface area contributed by atoms with Gasteiger partial charge in [0.05, 0.1) is 20.3 Å². The van der Waals surface area contributed by atoms with Crippen molar-refractivity contribution in [3.05, 3.63) is 58.9 Å². The van der Waals surface area contributed by atoms with E-state index in [4.69, 9.17) is 15.3 Å². The molecule has 1 unspecified atom stereocenters. The van der Waals surface area contributed by atoms with Crippen molar-refractivity contribution in [1.29, 1.82) is 0 Å². The van der Waals surface area contributed by atoms with Crippen LogP contribution in [0.2, 0.25) is 0 Å². The van der Waals surface area contributed by atoms with Crippen LogP contribution in [0.4, 0.5) is 4.39 Å². The fourth-order valence-electron chi connectivity index (χ4n) is 2.26. The smallest absolute Gasteiger partial charge is 0.161 e. The van der Waals surface area contributed by atoms with Gasteiger partial charge in [-0.2, -0.15) is 0 Å². The molecule has 0 aliphatic carbocycles. The third-order valence-electron chi connectivity index (χ3n) is 3.37. The number of hydrogen-bond donors (Lipinski definition) is 2. The molecule has 3 N–H and O–H groups in total. The molecule has 0 heterocycles. The quantitative estimate of drug-likeness (QED) is 0.656. The van der Waals surface area contributed by atoms with Crippen LogP contribution >= 0.6 is 0 Å². The fourth-order valence-corrected chi connectivity index (χ4v) is 2.26. The first-order valence-corrected chi connectivity index (χ1v) is 6.54. The highest BCUT2D eigenvalue weighted by Gasteiger charge is 2.18. The highest BCUT2D eigenvalue weighted by Crippen LogP contribution is 2.32. The summed E-state index contributed by atoms with van der Waals surface area (Å²) >= 11 is 0. The molecule has 5 heteroatoms. The molecular formula is C16H19FN2O2. The zero-order chi connectivity index (χ0) is 15.4. The van der Waals surface area contributed by atoms with Crippen LogP contribution in [0.15, 0.2) is 36.4 Å². The number of methoxy groups -OCH3 is 2. The lowest BCUT2D eigenvalue weighted by Gasteiger charge is -2.19. The number of aryl methyl sites for hydroxylation is 1. The Morgan fingerprint density at radius 2 is 1.76 bits per heavy atom. The van der Waals surface area contributed by atoms with E-state index in [2.05, 4.69) is 5.43 Å². The van der Waals surface area contributed by atoms with Crippen molar-refractivity contribution in [3.8, 4) is 11.5 Å². The summed E-state index contributed by atoms with van der Waals surface area (Å²) in [5, 5.41) is 0. The average molecular weight is 290 g/mol. The van der Waals surface area contributed by atoms with Gasteiger partial charge in [0.2, 0.25) is 0 Å². The van der Waals surface area contributed by atoms with Gasteiger partial charge >= 0.3 is 0 Å². The van der Waals surface area contributed by atoms with Gasteiger partial charge in [-0.15, -0.1) is 0 Å². The molecule has 2 aromatic carbocycles. The zero-order valence-corrected chi connectivity index (χ0v) is 12.3. The van der Waals surface area contributed by atoms with E-state index in [0.29, 0.717) is 17.1 Å². The number of nitrogens with two attached hydrogens (primary N) is 1. The van der Waals surface area contributed by atoms with Crippen molar-refractivity contribution in [3.63, 3.8) is 0 Å². The lowest BCUT2D eigenvalue weighted by Crippen LogP contribution is -2.29. The third-order valence-corrected chi connectivity index (χ3v) is 3.37. The molecule has 0 bridgehead atoms. The minimum absolute atomic E-state index is 0.298. The number of rotatable bonds is 5. The van der Waals surface area contributed by atoms with Gasteiger partial charge < -0.3 is 9.47 Å². The molecule has 112 valence electrons. The summed E-state index contributed by atoms with van der Waals surface area (Å²) in [6.45, 7) is 1.84. The van der Waals surface area contributed by atoms with Crippen molar-refractivity contribution >= 4 is 0 Å². The second kappa shape index (κ2) is 6.56. The van der Waals surface area contributed by atoms with Gasteiger partial charge in [-0.3, -0.25) is 5.84 Å². The first-order valence-electron chi connectivity index (χ1n) is 6.54. The van der Waals surface area contributed by atoms with Gasteiger partial charge in [-0.1, -0.05) is 18.2 Å². The summed E-state index contributed by atoms with van der Waals surface area (Å²) in [5.74, 6) is 6.50. The summed E-state index contributed by atoms with van der Waals surface area (Å²) in [4.78, 5) is 0. The van der Waals surface area contributed by atoms with Crippen LogP contribution in [0, 0.1) is 12.7 Å². The second-order valence-electron chi connectivity index (χ2n) is 4.74. The summed E-state index contributed by atoms with van der Waals surface area (Å²) in [7, 11) is 3.12. The Labute approximate surface area is 123 Å². The maximum absolute atomic E-state index is 14.1. The van der Waals surface area contributed by atoms with E-state index >= 15 is 0 Å². The highest BCUT2D eigenvalue weighted by atomic mass is 19.1. The standard InChI is InChI=1S/C16H19FN2O2/c1-10-4-6-12(13(17)8-10)16(19-18)11-5-7-14(20-2)15(9-11)21-3/h4-9,16,19H,18H2,1-3H3. The molecule has 0 amide bonds. The number of halogens is 1. The van der Waals surface area contributed by atoms with Gasteiger partial charge in [0.1, 0.15) is 5.82 Å². The van der Waals surface area contributed by atoms with Gasteiger partial charge in [0, 0.05) is 5.56 Å². The van der Waals surface area contributed by atoms with Crippen molar-refractivity contribution in [2.24, 2.45) is 5.84 Å². The maximum Gasteiger partial charge on any atom is 0.161 e.